The average Bonchev–Trinajstić information content (AvgIpc) is 2.39. The van der Waals surface area contributed by atoms with Crippen LogP contribution < -0.4 is 10.5 Å². The largest absolute Gasteiger partial charge is 0.492 e. The molecule has 1 amide bonds. The molecule has 2 N–H and O–H groups in total. The van der Waals surface area contributed by atoms with Crippen molar-refractivity contribution in [3.05, 3.63) is 23.8 Å². The number of rotatable bonds is 3. The van der Waals surface area contributed by atoms with E-state index < -0.39 is 0 Å². The Kier molecular flexibility index (Phi) is 4.53. The molecule has 4 nitrogen and oxygen atoms in total. The molecule has 2 rings (SSSR count). The summed E-state index contributed by atoms with van der Waals surface area (Å²) in [5, 5.41) is 0. The number of piperidine rings is 1. The monoisotopic (exact) mass is 276 g/mol. The third-order valence-corrected chi connectivity index (χ3v) is 3.71. The molecule has 0 bridgehead atoms. The van der Waals surface area contributed by atoms with E-state index in [1.54, 1.807) is 18.2 Å². The SMILES string of the molecule is CCOc1ccc(C(=O)N2C[C@H](C)C[C@H](C)C2)cc1N. The quantitative estimate of drug-likeness (QED) is 0.864. The standard InChI is InChI=1S/C16H24N2O2/c1-4-20-15-6-5-13(8-14(15)17)16(19)18-9-11(2)7-12(3)10-18/h5-6,8,11-12H,4,7,9-10,17H2,1-3H3/t11-,12+. The second kappa shape index (κ2) is 6.16. The molecule has 1 heterocycles. The lowest BCUT2D eigenvalue weighted by Gasteiger charge is -2.35. The van der Waals surface area contributed by atoms with Gasteiger partial charge in [-0.1, -0.05) is 13.8 Å². The molecule has 1 aliphatic rings. The van der Waals surface area contributed by atoms with Gasteiger partial charge in [-0.3, -0.25) is 4.79 Å². The van der Waals surface area contributed by atoms with E-state index in [9.17, 15) is 4.79 Å². The third kappa shape index (κ3) is 3.24. The van der Waals surface area contributed by atoms with Crippen molar-refractivity contribution in [3.63, 3.8) is 0 Å². The molecule has 1 saturated heterocycles. The van der Waals surface area contributed by atoms with E-state index in [-0.39, 0.29) is 5.91 Å². The van der Waals surface area contributed by atoms with Gasteiger partial charge >= 0.3 is 0 Å². The molecule has 1 aromatic carbocycles. The van der Waals surface area contributed by atoms with Gasteiger partial charge in [-0.2, -0.15) is 0 Å². The first-order chi connectivity index (χ1) is 9.51. The smallest absolute Gasteiger partial charge is 0.253 e. The zero-order chi connectivity index (χ0) is 14.7. The van der Waals surface area contributed by atoms with Gasteiger partial charge in [-0.15, -0.1) is 0 Å². The minimum Gasteiger partial charge on any atom is -0.492 e. The summed E-state index contributed by atoms with van der Waals surface area (Å²) in [5.41, 5.74) is 7.10. The molecule has 110 valence electrons. The Morgan fingerprint density at radius 3 is 2.55 bits per heavy atom. The number of nitrogen functional groups attached to an aromatic ring is 1. The minimum absolute atomic E-state index is 0.0677. The molecule has 1 aliphatic heterocycles. The number of amides is 1. The molecule has 0 saturated carbocycles. The summed E-state index contributed by atoms with van der Waals surface area (Å²) in [4.78, 5) is 14.5. The summed E-state index contributed by atoms with van der Waals surface area (Å²) in [6.45, 7) is 8.53. The van der Waals surface area contributed by atoms with Gasteiger partial charge in [0.05, 0.1) is 12.3 Å². The molecular formula is C16H24N2O2. The molecule has 0 spiro atoms. The van der Waals surface area contributed by atoms with E-state index in [2.05, 4.69) is 13.8 Å². The van der Waals surface area contributed by atoms with E-state index in [1.807, 2.05) is 11.8 Å². The zero-order valence-electron chi connectivity index (χ0n) is 12.6. The van der Waals surface area contributed by atoms with Crippen LogP contribution >= 0.6 is 0 Å². The molecular weight excluding hydrogens is 252 g/mol. The van der Waals surface area contributed by atoms with Crippen molar-refractivity contribution in [2.45, 2.75) is 27.2 Å². The molecule has 0 aromatic heterocycles. The van der Waals surface area contributed by atoms with Gasteiger partial charge in [0.1, 0.15) is 5.75 Å². The topological polar surface area (TPSA) is 55.6 Å². The highest BCUT2D eigenvalue weighted by molar-refractivity contribution is 5.95. The molecule has 0 radical (unpaired) electrons. The normalized spacial score (nSPS) is 22.6. The number of benzene rings is 1. The highest BCUT2D eigenvalue weighted by atomic mass is 16.5. The number of likely N-dealkylation sites (tertiary alicyclic amines) is 1. The Bertz CT molecular complexity index is 477. The number of carbonyl (C=O) groups excluding carboxylic acids is 1. The van der Waals surface area contributed by atoms with Crippen LogP contribution in [-0.2, 0) is 0 Å². The predicted octanol–water partition coefficient (Wildman–Crippen LogP) is 2.79. The van der Waals surface area contributed by atoms with E-state index in [1.165, 1.54) is 6.42 Å². The number of ether oxygens (including phenoxy) is 1. The summed E-state index contributed by atoms with van der Waals surface area (Å²) in [6.07, 6.45) is 1.19. The maximum atomic E-state index is 12.5. The fraction of sp³-hybridized carbons (Fsp3) is 0.562. The second-order valence-electron chi connectivity index (χ2n) is 5.84. The summed E-state index contributed by atoms with van der Waals surface area (Å²) in [6, 6.07) is 5.30. The maximum absolute atomic E-state index is 12.5. The second-order valence-corrected chi connectivity index (χ2v) is 5.84. The zero-order valence-corrected chi connectivity index (χ0v) is 12.6. The predicted molar refractivity (Wildman–Crippen MR) is 80.9 cm³/mol. The van der Waals surface area contributed by atoms with Crippen LogP contribution in [0.1, 0.15) is 37.6 Å². The van der Waals surface area contributed by atoms with Crippen molar-refractivity contribution < 1.29 is 9.53 Å². The number of nitrogens with two attached hydrogens (primary N) is 1. The number of hydrogen-bond acceptors (Lipinski definition) is 3. The van der Waals surface area contributed by atoms with E-state index >= 15 is 0 Å². The fourth-order valence-corrected chi connectivity index (χ4v) is 2.98. The minimum atomic E-state index is 0.0677. The molecule has 20 heavy (non-hydrogen) atoms. The number of hydrogen-bond donors (Lipinski definition) is 1. The van der Waals surface area contributed by atoms with Crippen LogP contribution in [0.15, 0.2) is 18.2 Å². The van der Waals surface area contributed by atoms with E-state index in [0.717, 1.165) is 13.1 Å². The van der Waals surface area contributed by atoms with Gasteiger partial charge in [-0.05, 0) is 43.4 Å². The molecule has 1 aromatic rings. The molecule has 0 aliphatic carbocycles. The first-order valence-electron chi connectivity index (χ1n) is 7.32. The Morgan fingerprint density at radius 1 is 1.35 bits per heavy atom. The van der Waals surface area contributed by atoms with Crippen molar-refractivity contribution in [3.8, 4) is 5.75 Å². The summed E-state index contributed by atoms with van der Waals surface area (Å²) in [5.74, 6) is 1.83. The number of nitrogens with zero attached hydrogens (tertiary/aromatic N) is 1. The van der Waals surface area contributed by atoms with Crippen molar-refractivity contribution in [2.24, 2.45) is 11.8 Å². The van der Waals surface area contributed by atoms with Gasteiger partial charge < -0.3 is 15.4 Å². The number of carbonyl (C=O) groups is 1. The van der Waals surface area contributed by atoms with Gasteiger partial charge in [0.15, 0.2) is 0 Å². The van der Waals surface area contributed by atoms with Crippen LogP contribution in [0.25, 0.3) is 0 Å². The highest BCUT2D eigenvalue weighted by Crippen LogP contribution is 2.26. The lowest BCUT2D eigenvalue weighted by molar-refractivity contribution is 0.0623. The van der Waals surface area contributed by atoms with Gasteiger partial charge in [0.2, 0.25) is 0 Å². The van der Waals surface area contributed by atoms with Crippen molar-refractivity contribution >= 4 is 11.6 Å². The lowest BCUT2D eigenvalue weighted by Crippen LogP contribution is -2.42. The van der Waals surface area contributed by atoms with Crippen molar-refractivity contribution in [1.29, 1.82) is 0 Å². The molecule has 1 fully saturated rings. The highest BCUT2D eigenvalue weighted by Gasteiger charge is 2.26. The van der Waals surface area contributed by atoms with E-state index in [0.29, 0.717) is 35.4 Å². The van der Waals surface area contributed by atoms with Crippen LogP contribution in [0.2, 0.25) is 0 Å². The van der Waals surface area contributed by atoms with Gasteiger partial charge in [0, 0.05) is 18.7 Å². The molecule has 4 heteroatoms. The van der Waals surface area contributed by atoms with Crippen LogP contribution in [0.3, 0.4) is 0 Å². The van der Waals surface area contributed by atoms with Crippen molar-refractivity contribution in [2.75, 3.05) is 25.4 Å². The van der Waals surface area contributed by atoms with Crippen LogP contribution in [-0.4, -0.2) is 30.5 Å². The first kappa shape index (κ1) is 14.7. The average molecular weight is 276 g/mol. The summed E-state index contributed by atoms with van der Waals surface area (Å²) < 4.78 is 5.40. The van der Waals surface area contributed by atoms with Crippen LogP contribution in [0.5, 0.6) is 5.75 Å². The third-order valence-electron chi connectivity index (χ3n) is 3.71. The van der Waals surface area contributed by atoms with Crippen molar-refractivity contribution in [1.82, 2.24) is 4.90 Å². The van der Waals surface area contributed by atoms with Gasteiger partial charge in [-0.25, -0.2) is 0 Å². The maximum Gasteiger partial charge on any atom is 0.253 e. The Labute approximate surface area is 120 Å². The van der Waals surface area contributed by atoms with Crippen LogP contribution in [0, 0.1) is 11.8 Å². The summed E-state index contributed by atoms with van der Waals surface area (Å²) in [7, 11) is 0. The Hall–Kier alpha value is -1.71. The first-order valence-corrected chi connectivity index (χ1v) is 7.32. The lowest BCUT2D eigenvalue weighted by atomic mass is 9.91. The van der Waals surface area contributed by atoms with E-state index in [4.69, 9.17) is 10.5 Å². The number of anilines is 1. The molecule has 0 unspecified atom stereocenters. The van der Waals surface area contributed by atoms with Crippen LogP contribution in [0.4, 0.5) is 5.69 Å². The fourth-order valence-electron chi connectivity index (χ4n) is 2.98. The molecule has 2 atom stereocenters. The Morgan fingerprint density at radius 2 is 2.00 bits per heavy atom. The summed E-state index contributed by atoms with van der Waals surface area (Å²) >= 11 is 0. The van der Waals surface area contributed by atoms with Gasteiger partial charge in [0.25, 0.3) is 5.91 Å². The Balaban J connectivity index is 2.14.